The Labute approximate surface area is 156 Å². The van der Waals surface area contributed by atoms with Gasteiger partial charge in [0.15, 0.2) is 0 Å². The molecule has 0 spiro atoms. The number of carbonyl (C=O) groups is 3. The standard InChI is InChI=1S/C17H9Cl2NO4S/c18-12-5-10(8-1-3-9(4-2-8)16(22)23)6-13(19)11(12)7-14-15(21)20-17(24)25-14/h1-7H,(H,22,23)(H,20,21,24). The topological polar surface area (TPSA) is 83.5 Å². The van der Waals surface area contributed by atoms with E-state index in [2.05, 4.69) is 5.32 Å². The molecule has 0 aromatic heterocycles. The van der Waals surface area contributed by atoms with Crippen LogP contribution in [0.1, 0.15) is 15.9 Å². The van der Waals surface area contributed by atoms with Crippen molar-refractivity contribution in [2.24, 2.45) is 0 Å². The molecule has 1 aliphatic rings. The third-order valence-electron chi connectivity index (χ3n) is 3.46. The van der Waals surface area contributed by atoms with E-state index in [1.54, 1.807) is 24.3 Å². The summed E-state index contributed by atoms with van der Waals surface area (Å²) in [5.74, 6) is -1.50. The summed E-state index contributed by atoms with van der Waals surface area (Å²) in [6.45, 7) is 0. The number of carbonyl (C=O) groups excluding carboxylic acids is 2. The molecule has 2 aromatic carbocycles. The fourth-order valence-electron chi connectivity index (χ4n) is 2.25. The second kappa shape index (κ2) is 6.92. The maximum atomic E-state index is 11.6. The molecule has 25 heavy (non-hydrogen) atoms. The number of nitrogens with one attached hydrogen (secondary N) is 1. The Bertz CT molecular complexity index is 915. The molecule has 0 atom stereocenters. The monoisotopic (exact) mass is 393 g/mol. The third-order valence-corrected chi connectivity index (χ3v) is 4.90. The van der Waals surface area contributed by atoms with Gasteiger partial charge in [-0.05, 0) is 53.2 Å². The van der Waals surface area contributed by atoms with Crippen LogP contribution in [0.15, 0.2) is 41.3 Å². The largest absolute Gasteiger partial charge is 0.478 e. The van der Waals surface area contributed by atoms with Gasteiger partial charge in [0.25, 0.3) is 11.1 Å². The van der Waals surface area contributed by atoms with Crippen molar-refractivity contribution in [2.75, 3.05) is 0 Å². The van der Waals surface area contributed by atoms with Gasteiger partial charge in [-0.25, -0.2) is 4.79 Å². The minimum atomic E-state index is -1.01. The van der Waals surface area contributed by atoms with Crippen LogP contribution >= 0.6 is 35.0 Å². The van der Waals surface area contributed by atoms with E-state index in [0.29, 0.717) is 21.2 Å². The zero-order chi connectivity index (χ0) is 18.1. The number of halogens is 2. The predicted molar refractivity (Wildman–Crippen MR) is 98.0 cm³/mol. The number of aromatic carboxylic acids is 1. The minimum Gasteiger partial charge on any atom is -0.478 e. The number of amides is 2. The maximum absolute atomic E-state index is 11.6. The lowest BCUT2D eigenvalue weighted by atomic mass is 10.0. The molecule has 0 radical (unpaired) electrons. The molecule has 0 aliphatic carbocycles. The molecule has 1 aliphatic heterocycles. The van der Waals surface area contributed by atoms with Crippen molar-refractivity contribution in [1.29, 1.82) is 0 Å². The van der Waals surface area contributed by atoms with Crippen LogP contribution in [0.4, 0.5) is 4.79 Å². The summed E-state index contributed by atoms with van der Waals surface area (Å²) in [7, 11) is 0. The van der Waals surface area contributed by atoms with E-state index in [1.807, 2.05) is 0 Å². The molecule has 126 valence electrons. The van der Waals surface area contributed by atoms with Crippen molar-refractivity contribution < 1.29 is 19.5 Å². The Balaban J connectivity index is 1.98. The normalized spacial score (nSPS) is 15.5. The molecular weight excluding hydrogens is 385 g/mol. The first kappa shape index (κ1) is 17.5. The second-order valence-corrected chi connectivity index (χ2v) is 6.92. The number of thioether (sulfide) groups is 1. The number of carboxylic acid groups (broad SMARTS) is 1. The van der Waals surface area contributed by atoms with Crippen molar-refractivity contribution >= 4 is 58.2 Å². The first-order valence-corrected chi connectivity index (χ1v) is 8.50. The highest BCUT2D eigenvalue weighted by molar-refractivity contribution is 8.18. The van der Waals surface area contributed by atoms with Gasteiger partial charge in [0.2, 0.25) is 0 Å². The summed E-state index contributed by atoms with van der Waals surface area (Å²) >= 11 is 13.3. The van der Waals surface area contributed by atoms with E-state index in [-0.39, 0.29) is 10.5 Å². The Kier molecular flexibility index (Phi) is 4.85. The van der Waals surface area contributed by atoms with Gasteiger partial charge in [0, 0.05) is 15.6 Å². The Morgan fingerprint density at radius 2 is 1.64 bits per heavy atom. The first-order chi connectivity index (χ1) is 11.8. The quantitative estimate of drug-likeness (QED) is 0.739. The summed E-state index contributed by atoms with van der Waals surface area (Å²) < 4.78 is 0. The van der Waals surface area contributed by atoms with Gasteiger partial charge in [0.05, 0.1) is 10.5 Å². The molecule has 2 aromatic rings. The van der Waals surface area contributed by atoms with Crippen molar-refractivity contribution in [2.45, 2.75) is 0 Å². The van der Waals surface area contributed by atoms with Gasteiger partial charge in [-0.15, -0.1) is 0 Å². The fourth-order valence-corrected chi connectivity index (χ4v) is 3.51. The van der Waals surface area contributed by atoms with Crippen LogP contribution in [0, 0.1) is 0 Å². The van der Waals surface area contributed by atoms with Crippen LogP contribution in [0.2, 0.25) is 10.0 Å². The molecule has 0 bridgehead atoms. The second-order valence-electron chi connectivity index (χ2n) is 5.09. The number of hydrogen-bond acceptors (Lipinski definition) is 4. The number of hydrogen-bond donors (Lipinski definition) is 2. The van der Waals surface area contributed by atoms with Crippen molar-refractivity contribution in [1.82, 2.24) is 5.32 Å². The lowest BCUT2D eigenvalue weighted by Crippen LogP contribution is -2.17. The first-order valence-electron chi connectivity index (χ1n) is 6.93. The lowest BCUT2D eigenvalue weighted by molar-refractivity contribution is -0.115. The average Bonchev–Trinajstić information content (AvgIpc) is 2.88. The van der Waals surface area contributed by atoms with E-state index in [1.165, 1.54) is 18.2 Å². The van der Waals surface area contributed by atoms with Gasteiger partial charge in [-0.1, -0.05) is 35.3 Å². The van der Waals surface area contributed by atoms with Gasteiger partial charge >= 0.3 is 5.97 Å². The Morgan fingerprint density at radius 3 is 2.12 bits per heavy atom. The average molecular weight is 394 g/mol. The lowest BCUT2D eigenvalue weighted by Gasteiger charge is -2.08. The highest BCUT2D eigenvalue weighted by Gasteiger charge is 2.25. The fraction of sp³-hybridized carbons (Fsp3) is 0. The Hall–Kier alpha value is -2.28. The van der Waals surface area contributed by atoms with E-state index in [9.17, 15) is 14.4 Å². The SMILES string of the molecule is O=C1NC(=O)C(=Cc2c(Cl)cc(-c3ccc(C(=O)O)cc3)cc2Cl)S1. The van der Waals surface area contributed by atoms with E-state index in [0.717, 1.165) is 17.3 Å². The van der Waals surface area contributed by atoms with Gasteiger partial charge in [0.1, 0.15) is 0 Å². The molecule has 3 rings (SSSR count). The zero-order valence-corrected chi connectivity index (χ0v) is 14.7. The molecule has 2 amide bonds. The molecule has 8 heteroatoms. The number of benzene rings is 2. The molecule has 0 unspecified atom stereocenters. The third kappa shape index (κ3) is 3.71. The molecular formula is C17H9Cl2NO4S. The number of carboxylic acids is 1. The maximum Gasteiger partial charge on any atom is 0.335 e. The van der Waals surface area contributed by atoms with Crippen LogP contribution in [0.5, 0.6) is 0 Å². The number of rotatable bonds is 3. The zero-order valence-electron chi connectivity index (χ0n) is 12.4. The van der Waals surface area contributed by atoms with E-state index in [4.69, 9.17) is 28.3 Å². The highest BCUT2D eigenvalue weighted by Crippen LogP contribution is 2.35. The van der Waals surface area contributed by atoms with Crippen molar-refractivity contribution in [3.8, 4) is 11.1 Å². The molecule has 0 saturated carbocycles. The Morgan fingerprint density at radius 1 is 1.04 bits per heavy atom. The van der Waals surface area contributed by atoms with Crippen LogP contribution < -0.4 is 5.32 Å². The van der Waals surface area contributed by atoms with Crippen LogP contribution in [0.3, 0.4) is 0 Å². The summed E-state index contributed by atoms with van der Waals surface area (Å²) in [6, 6.07) is 9.61. The molecule has 5 nitrogen and oxygen atoms in total. The van der Waals surface area contributed by atoms with E-state index < -0.39 is 17.1 Å². The summed E-state index contributed by atoms with van der Waals surface area (Å²) in [5.41, 5.74) is 2.06. The smallest absolute Gasteiger partial charge is 0.335 e. The van der Waals surface area contributed by atoms with Gasteiger partial charge in [-0.3, -0.25) is 14.9 Å². The predicted octanol–water partition coefficient (Wildman–Crippen LogP) is 4.68. The van der Waals surface area contributed by atoms with Gasteiger partial charge in [-0.2, -0.15) is 0 Å². The molecule has 1 fully saturated rings. The minimum absolute atomic E-state index is 0.177. The van der Waals surface area contributed by atoms with Crippen LogP contribution in [-0.2, 0) is 4.79 Å². The van der Waals surface area contributed by atoms with Crippen LogP contribution in [-0.4, -0.2) is 22.2 Å². The molecule has 2 N–H and O–H groups in total. The highest BCUT2D eigenvalue weighted by atomic mass is 35.5. The summed E-state index contributed by atoms with van der Waals surface area (Å²) in [6.07, 6.45) is 1.47. The summed E-state index contributed by atoms with van der Waals surface area (Å²) in [4.78, 5) is 34.0. The van der Waals surface area contributed by atoms with Crippen molar-refractivity contribution in [3.05, 3.63) is 62.5 Å². The van der Waals surface area contributed by atoms with Crippen LogP contribution in [0.25, 0.3) is 17.2 Å². The molecule has 1 saturated heterocycles. The number of imide groups is 1. The molecule has 1 heterocycles. The van der Waals surface area contributed by atoms with Crippen molar-refractivity contribution in [3.63, 3.8) is 0 Å². The summed E-state index contributed by atoms with van der Waals surface area (Å²) in [5, 5.41) is 11.3. The van der Waals surface area contributed by atoms with E-state index >= 15 is 0 Å². The van der Waals surface area contributed by atoms with Gasteiger partial charge < -0.3 is 5.11 Å².